The van der Waals surface area contributed by atoms with Gasteiger partial charge in [-0.05, 0) is 35.4 Å². The van der Waals surface area contributed by atoms with Crippen molar-refractivity contribution in [3.05, 3.63) is 53.5 Å². The summed E-state index contributed by atoms with van der Waals surface area (Å²) in [5.41, 5.74) is 1.89. The van der Waals surface area contributed by atoms with E-state index in [9.17, 15) is 14.0 Å². The lowest BCUT2D eigenvalue weighted by Gasteiger charge is -2.25. The molecule has 0 fully saturated rings. The monoisotopic (exact) mass is 342 g/mol. The molecule has 1 aliphatic rings. The zero-order chi connectivity index (χ0) is 18.0. The lowest BCUT2D eigenvalue weighted by Crippen LogP contribution is -2.34. The molecule has 1 aromatic heterocycles. The molecule has 2 N–H and O–H groups in total. The molecule has 0 bridgehead atoms. The molecule has 25 heavy (non-hydrogen) atoms. The molecular formula is C18H19FN4O2. The molecule has 2 aromatic rings. The molecule has 6 nitrogen and oxygen atoms in total. The van der Waals surface area contributed by atoms with Gasteiger partial charge in [-0.15, -0.1) is 0 Å². The number of aromatic nitrogens is 1. The van der Waals surface area contributed by atoms with Gasteiger partial charge >= 0.3 is 0 Å². The average molecular weight is 342 g/mol. The van der Waals surface area contributed by atoms with Crippen LogP contribution in [0.25, 0.3) is 0 Å². The molecule has 0 radical (unpaired) electrons. The van der Waals surface area contributed by atoms with E-state index in [-0.39, 0.29) is 18.2 Å². The van der Waals surface area contributed by atoms with E-state index in [2.05, 4.69) is 15.6 Å². The molecule has 1 aliphatic heterocycles. The number of nitrogens with zero attached hydrogens (tertiary/aromatic N) is 2. The third-order valence-electron chi connectivity index (χ3n) is 4.11. The van der Waals surface area contributed by atoms with Crippen LogP contribution >= 0.6 is 0 Å². The highest BCUT2D eigenvalue weighted by molar-refractivity contribution is 6.01. The Morgan fingerprint density at radius 2 is 2.16 bits per heavy atom. The second-order valence-corrected chi connectivity index (χ2v) is 6.17. The predicted molar refractivity (Wildman–Crippen MR) is 92.8 cm³/mol. The first-order chi connectivity index (χ1) is 11.9. The minimum absolute atomic E-state index is 0.0454. The number of fused-ring (bicyclic) bond motifs is 1. The summed E-state index contributed by atoms with van der Waals surface area (Å²) in [6.45, 7) is 0.330. The number of halogens is 1. The Kier molecular flexibility index (Phi) is 4.65. The van der Waals surface area contributed by atoms with Crippen molar-refractivity contribution in [3.63, 3.8) is 0 Å². The van der Waals surface area contributed by atoms with Crippen LogP contribution in [-0.4, -0.2) is 30.9 Å². The molecule has 0 saturated carbocycles. The van der Waals surface area contributed by atoms with Gasteiger partial charge in [-0.2, -0.15) is 0 Å². The molecule has 2 heterocycles. The van der Waals surface area contributed by atoms with Crippen LogP contribution in [0.2, 0.25) is 0 Å². The summed E-state index contributed by atoms with van der Waals surface area (Å²) in [4.78, 5) is 30.5. The van der Waals surface area contributed by atoms with Crippen LogP contribution in [0.3, 0.4) is 0 Å². The van der Waals surface area contributed by atoms with Crippen molar-refractivity contribution in [2.75, 3.05) is 24.3 Å². The van der Waals surface area contributed by atoms with Gasteiger partial charge in [0.1, 0.15) is 11.6 Å². The first-order valence-corrected chi connectivity index (χ1v) is 7.93. The Labute approximate surface area is 145 Å². The summed E-state index contributed by atoms with van der Waals surface area (Å²) in [7, 11) is 3.78. The largest absolute Gasteiger partial charge is 0.363 e. The maximum atomic E-state index is 13.4. The summed E-state index contributed by atoms with van der Waals surface area (Å²) < 4.78 is 13.4. The summed E-state index contributed by atoms with van der Waals surface area (Å²) in [5, 5.41) is 5.46. The van der Waals surface area contributed by atoms with Crippen molar-refractivity contribution in [1.29, 1.82) is 0 Å². The number of hydrogen-bond donors (Lipinski definition) is 2. The summed E-state index contributed by atoms with van der Waals surface area (Å²) in [5.74, 6) is -0.833. The van der Waals surface area contributed by atoms with Gasteiger partial charge in [0.25, 0.3) is 0 Å². The van der Waals surface area contributed by atoms with Crippen molar-refractivity contribution in [3.8, 4) is 0 Å². The Balaban J connectivity index is 1.74. The predicted octanol–water partition coefficient (Wildman–Crippen LogP) is 2.03. The van der Waals surface area contributed by atoms with E-state index >= 15 is 0 Å². The Morgan fingerprint density at radius 3 is 2.92 bits per heavy atom. The second kappa shape index (κ2) is 6.88. The molecule has 0 unspecified atom stereocenters. The number of amides is 2. The van der Waals surface area contributed by atoms with Crippen LogP contribution in [0.4, 0.5) is 15.9 Å². The molecule has 7 heteroatoms. The van der Waals surface area contributed by atoms with E-state index in [4.69, 9.17) is 0 Å². The van der Waals surface area contributed by atoms with Gasteiger partial charge < -0.3 is 15.5 Å². The topological polar surface area (TPSA) is 74.3 Å². The first kappa shape index (κ1) is 16.9. The van der Waals surface area contributed by atoms with Crippen LogP contribution in [0.1, 0.15) is 23.5 Å². The third-order valence-corrected chi connectivity index (χ3v) is 4.11. The van der Waals surface area contributed by atoms with Crippen LogP contribution in [0.15, 0.2) is 36.5 Å². The third kappa shape index (κ3) is 3.76. The fraction of sp³-hybridized carbons (Fsp3) is 0.278. The minimum Gasteiger partial charge on any atom is -0.363 e. The SMILES string of the molecule is CN(C)c1cc(CNC(=O)[C@@H]2CC(=O)Nc3cc(F)ccc32)ccn1. The van der Waals surface area contributed by atoms with E-state index in [0.29, 0.717) is 17.8 Å². The Bertz CT molecular complexity index is 822. The van der Waals surface area contributed by atoms with Crippen molar-refractivity contribution >= 4 is 23.3 Å². The fourth-order valence-corrected chi connectivity index (χ4v) is 2.80. The van der Waals surface area contributed by atoms with E-state index in [1.54, 1.807) is 12.3 Å². The molecule has 0 spiro atoms. The summed E-state index contributed by atoms with van der Waals surface area (Å²) in [6.07, 6.45) is 1.73. The molecule has 130 valence electrons. The molecule has 3 rings (SSSR count). The van der Waals surface area contributed by atoms with Crippen LogP contribution in [-0.2, 0) is 16.1 Å². The lowest BCUT2D eigenvalue weighted by atomic mass is 9.89. The zero-order valence-electron chi connectivity index (χ0n) is 14.0. The van der Waals surface area contributed by atoms with Gasteiger partial charge in [0, 0.05) is 38.9 Å². The first-order valence-electron chi connectivity index (χ1n) is 7.93. The Morgan fingerprint density at radius 1 is 1.36 bits per heavy atom. The Hall–Kier alpha value is -2.96. The van der Waals surface area contributed by atoms with Gasteiger partial charge in [-0.1, -0.05) is 6.07 Å². The van der Waals surface area contributed by atoms with E-state index < -0.39 is 11.7 Å². The molecule has 2 amide bonds. The van der Waals surface area contributed by atoms with Crippen LogP contribution in [0, 0.1) is 5.82 Å². The van der Waals surface area contributed by atoms with E-state index in [1.165, 1.54) is 12.1 Å². The highest BCUT2D eigenvalue weighted by Gasteiger charge is 2.30. The van der Waals surface area contributed by atoms with E-state index in [1.807, 2.05) is 31.1 Å². The number of rotatable bonds is 4. The molecule has 1 atom stereocenters. The smallest absolute Gasteiger partial charge is 0.228 e. The van der Waals surface area contributed by atoms with Gasteiger partial charge in [0.15, 0.2) is 0 Å². The maximum Gasteiger partial charge on any atom is 0.228 e. The van der Waals surface area contributed by atoms with E-state index in [0.717, 1.165) is 11.4 Å². The lowest BCUT2D eigenvalue weighted by molar-refractivity contribution is -0.126. The highest BCUT2D eigenvalue weighted by Crippen LogP contribution is 2.32. The summed E-state index contributed by atoms with van der Waals surface area (Å²) >= 11 is 0. The number of pyridine rings is 1. The standard InChI is InChI=1S/C18H19FN4O2/c1-23(2)16-7-11(5-6-20-16)10-21-18(25)14-9-17(24)22-15-8-12(19)3-4-13(14)15/h3-8,14H,9-10H2,1-2H3,(H,21,25)(H,22,24)/t14-/m1/s1. The quantitative estimate of drug-likeness (QED) is 0.892. The van der Waals surface area contributed by atoms with Crippen LogP contribution < -0.4 is 15.5 Å². The maximum absolute atomic E-state index is 13.4. The minimum atomic E-state index is -0.625. The van der Waals surface area contributed by atoms with Crippen molar-refractivity contribution in [2.24, 2.45) is 0 Å². The summed E-state index contributed by atoms with van der Waals surface area (Å²) in [6, 6.07) is 7.79. The molecule has 1 aromatic carbocycles. The van der Waals surface area contributed by atoms with Gasteiger partial charge in [-0.3, -0.25) is 9.59 Å². The average Bonchev–Trinajstić information content (AvgIpc) is 2.58. The van der Waals surface area contributed by atoms with Crippen molar-refractivity contribution < 1.29 is 14.0 Å². The highest BCUT2D eigenvalue weighted by atomic mass is 19.1. The number of nitrogens with one attached hydrogen (secondary N) is 2. The number of anilines is 2. The normalized spacial score (nSPS) is 16.0. The van der Waals surface area contributed by atoms with Gasteiger partial charge in [-0.25, -0.2) is 9.37 Å². The number of benzene rings is 1. The zero-order valence-corrected chi connectivity index (χ0v) is 14.0. The molecule has 0 saturated heterocycles. The van der Waals surface area contributed by atoms with Crippen molar-refractivity contribution in [1.82, 2.24) is 10.3 Å². The van der Waals surface area contributed by atoms with Gasteiger partial charge in [0.2, 0.25) is 11.8 Å². The number of carbonyl (C=O) groups excluding carboxylic acids is 2. The fourth-order valence-electron chi connectivity index (χ4n) is 2.80. The van der Waals surface area contributed by atoms with Gasteiger partial charge in [0.05, 0.1) is 5.92 Å². The number of hydrogen-bond acceptors (Lipinski definition) is 4. The second-order valence-electron chi connectivity index (χ2n) is 6.17. The molecular weight excluding hydrogens is 323 g/mol. The van der Waals surface area contributed by atoms with Crippen molar-refractivity contribution in [2.45, 2.75) is 18.9 Å². The number of carbonyl (C=O) groups is 2. The molecule has 0 aliphatic carbocycles. The van der Waals surface area contributed by atoms with Crippen LogP contribution in [0.5, 0.6) is 0 Å².